The van der Waals surface area contributed by atoms with E-state index in [-0.39, 0.29) is 29.2 Å². The second-order valence-electron chi connectivity index (χ2n) is 8.85. The average Bonchev–Trinajstić information content (AvgIpc) is 3.03. The highest BCUT2D eigenvalue weighted by Crippen LogP contribution is 2.30. The molecule has 0 aromatic heterocycles. The summed E-state index contributed by atoms with van der Waals surface area (Å²) in [5.74, 6) is -2.22. The van der Waals surface area contributed by atoms with Gasteiger partial charge < -0.3 is 9.64 Å². The summed E-state index contributed by atoms with van der Waals surface area (Å²) in [6.45, 7) is 5.64. The topological polar surface area (TPSA) is 58.6 Å². The fraction of sp³-hybridized carbons (Fsp3) is 0.435. The van der Waals surface area contributed by atoms with E-state index in [0.717, 1.165) is 18.2 Å². The highest BCUT2D eigenvalue weighted by Gasteiger charge is 2.40. The lowest BCUT2D eigenvalue weighted by atomic mass is 9.96. The van der Waals surface area contributed by atoms with Gasteiger partial charge in [0.2, 0.25) is 0 Å². The molecule has 3 atom stereocenters. The van der Waals surface area contributed by atoms with Gasteiger partial charge in [-0.05, 0) is 56.9 Å². The predicted octanol–water partition coefficient (Wildman–Crippen LogP) is 4.57. The highest BCUT2D eigenvalue weighted by atomic mass is 32.2. The lowest BCUT2D eigenvalue weighted by Gasteiger charge is -2.31. The summed E-state index contributed by atoms with van der Waals surface area (Å²) in [7, 11) is -1.33. The van der Waals surface area contributed by atoms with Crippen molar-refractivity contribution >= 4 is 17.1 Å². The minimum absolute atomic E-state index is 0.0614. The number of ether oxygens (including phenoxy) is 1. The van der Waals surface area contributed by atoms with E-state index in [1.165, 1.54) is 17.2 Å². The number of hydrogen-bond donors (Lipinski definition) is 1. The Balaban J connectivity index is 1.93. The number of amides is 1. The van der Waals surface area contributed by atoms with Gasteiger partial charge >= 0.3 is 6.09 Å². The first kappa shape index (κ1) is 24.3. The minimum atomic E-state index is -1.33. The van der Waals surface area contributed by atoms with Crippen molar-refractivity contribution in [1.82, 2.24) is 9.62 Å². The zero-order valence-electron chi connectivity index (χ0n) is 18.5. The van der Waals surface area contributed by atoms with E-state index in [9.17, 15) is 17.8 Å². The Kier molecular flexibility index (Phi) is 7.29. The molecule has 1 heterocycles. The highest BCUT2D eigenvalue weighted by molar-refractivity contribution is 7.82. The van der Waals surface area contributed by atoms with Gasteiger partial charge in [0.15, 0.2) is 0 Å². The van der Waals surface area contributed by atoms with Crippen LogP contribution < -0.4 is 4.72 Å². The number of rotatable bonds is 5. The molecule has 174 valence electrons. The first-order valence-electron chi connectivity index (χ1n) is 10.3. The number of carbonyl (C=O) groups is 1. The van der Waals surface area contributed by atoms with Crippen LogP contribution in [0, 0.1) is 17.5 Å². The lowest BCUT2D eigenvalue weighted by Crippen LogP contribution is -2.48. The Hall–Kier alpha value is -2.39. The van der Waals surface area contributed by atoms with Crippen molar-refractivity contribution in [1.29, 1.82) is 0 Å². The first-order chi connectivity index (χ1) is 14.9. The molecule has 1 amide bonds. The third-order valence-electron chi connectivity index (χ3n) is 5.17. The molecule has 1 N–H and O–H groups in total. The van der Waals surface area contributed by atoms with Crippen LogP contribution in [0.4, 0.5) is 18.0 Å². The van der Waals surface area contributed by atoms with Crippen molar-refractivity contribution in [3.63, 3.8) is 0 Å². The number of hydrogen-bond acceptors (Lipinski definition) is 3. The van der Waals surface area contributed by atoms with Gasteiger partial charge in [-0.25, -0.2) is 26.9 Å². The Labute approximate surface area is 188 Å². The summed E-state index contributed by atoms with van der Waals surface area (Å²) in [5, 5.41) is 0. The normalized spacial score (nSPS) is 19.8. The van der Waals surface area contributed by atoms with Crippen molar-refractivity contribution in [2.75, 3.05) is 12.8 Å². The molecule has 0 bridgehead atoms. The van der Waals surface area contributed by atoms with Crippen LogP contribution in [0.1, 0.15) is 32.8 Å². The number of benzene rings is 2. The molecular weight excluding hydrogens is 441 g/mol. The van der Waals surface area contributed by atoms with Crippen molar-refractivity contribution < 1.29 is 26.9 Å². The quantitative estimate of drug-likeness (QED) is 0.699. The Morgan fingerprint density at radius 1 is 1.19 bits per heavy atom. The SMILES string of the molecule is CS(=O)N[C@H]1CCN(C(=O)OC(C)(C)C)[C@H]1Cc1cccc(-c2cc(F)cc(F)c2)c1F. The van der Waals surface area contributed by atoms with Crippen LogP contribution in [0.15, 0.2) is 36.4 Å². The van der Waals surface area contributed by atoms with E-state index in [1.807, 2.05) is 0 Å². The van der Waals surface area contributed by atoms with Gasteiger partial charge in [-0.1, -0.05) is 18.2 Å². The van der Waals surface area contributed by atoms with E-state index >= 15 is 4.39 Å². The molecule has 2 aromatic rings. The molecular formula is C23H27F3N2O3S. The van der Waals surface area contributed by atoms with Crippen molar-refractivity contribution in [3.8, 4) is 11.1 Å². The number of carbonyl (C=O) groups excluding carboxylic acids is 1. The summed E-state index contributed by atoms with van der Waals surface area (Å²) in [4.78, 5) is 14.3. The van der Waals surface area contributed by atoms with Gasteiger partial charge in [-0.15, -0.1) is 0 Å². The smallest absolute Gasteiger partial charge is 0.410 e. The number of nitrogens with zero attached hydrogens (tertiary/aromatic N) is 1. The molecule has 5 nitrogen and oxygen atoms in total. The van der Waals surface area contributed by atoms with Crippen LogP contribution in [-0.4, -0.2) is 45.7 Å². The van der Waals surface area contributed by atoms with Crippen LogP contribution in [0.3, 0.4) is 0 Å². The zero-order valence-corrected chi connectivity index (χ0v) is 19.3. The molecule has 1 aliphatic heterocycles. The number of likely N-dealkylation sites (tertiary alicyclic amines) is 1. The first-order valence-corrected chi connectivity index (χ1v) is 11.8. The Morgan fingerprint density at radius 3 is 2.44 bits per heavy atom. The molecule has 0 saturated carbocycles. The van der Waals surface area contributed by atoms with Crippen LogP contribution in [0.2, 0.25) is 0 Å². The van der Waals surface area contributed by atoms with Gasteiger partial charge in [0.1, 0.15) is 23.1 Å². The van der Waals surface area contributed by atoms with E-state index in [0.29, 0.717) is 13.0 Å². The van der Waals surface area contributed by atoms with E-state index in [1.54, 1.807) is 32.9 Å². The maximum Gasteiger partial charge on any atom is 0.410 e. The monoisotopic (exact) mass is 468 g/mol. The number of nitrogens with one attached hydrogen (secondary N) is 1. The van der Waals surface area contributed by atoms with Crippen LogP contribution >= 0.6 is 0 Å². The molecule has 32 heavy (non-hydrogen) atoms. The molecule has 2 aromatic carbocycles. The van der Waals surface area contributed by atoms with Gasteiger partial charge in [0.25, 0.3) is 0 Å². The molecule has 1 fully saturated rings. The van der Waals surface area contributed by atoms with E-state index in [2.05, 4.69) is 4.72 Å². The molecule has 1 aliphatic rings. The van der Waals surface area contributed by atoms with Crippen LogP contribution in [0.5, 0.6) is 0 Å². The molecule has 1 saturated heterocycles. The summed E-state index contributed by atoms with van der Waals surface area (Å²) in [5.41, 5.74) is -0.276. The molecule has 9 heteroatoms. The fourth-order valence-corrected chi connectivity index (χ4v) is 4.60. The van der Waals surface area contributed by atoms with E-state index < -0.39 is 46.2 Å². The molecule has 0 aliphatic carbocycles. The molecule has 0 radical (unpaired) electrons. The third-order valence-corrected chi connectivity index (χ3v) is 5.81. The number of halogens is 3. The lowest BCUT2D eigenvalue weighted by molar-refractivity contribution is 0.0218. The second-order valence-corrected chi connectivity index (χ2v) is 9.99. The fourth-order valence-electron chi connectivity index (χ4n) is 3.90. The molecule has 3 rings (SSSR count). The maximum atomic E-state index is 15.4. The summed E-state index contributed by atoms with van der Waals surface area (Å²) < 4.78 is 63.0. The van der Waals surface area contributed by atoms with Crippen molar-refractivity contribution in [3.05, 3.63) is 59.4 Å². The van der Waals surface area contributed by atoms with Crippen molar-refractivity contribution in [2.24, 2.45) is 0 Å². The zero-order chi connectivity index (χ0) is 23.6. The minimum Gasteiger partial charge on any atom is -0.444 e. The van der Waals surface area contributed by atoms with Gasteiger partial charge in [0, 0.05) is 30.5 Å². The van der Waals surface area contributed by atoms with Gasteiger partial charge in [0.05, 0.1) is 17.0 Å². The molecule has 0 spiro atoms. The van der Waals surface area contributed by atoms with Crippen molar-refractivity contribution in [2.45, 2.75) is 51.3 Å². The Bertz CT molecular complexity index is 1010. The van der Waals surface area contributed by atoms with Gasteiger partial charge in [-0.2, -0.15) is 0 Å². The summed E-state index contributed by atoms with van der Waals surface area (Å²) in [6.07, 6.45) is 1.61. The third kappa shape index (κ3) is 5.89. The molecule has 1 unspecified atom stereocenters. The van der Waals surface area contributed by atoms with E-state index in [4.69, 9.17) is 4.74 Å². The maximum absolute atomic E-state index is 15.4. The largest absolute Gasteiger partial charge is 0.444 e. The predicted molar refractivity (Wildman–Crippen MR) is 118 cm³/mol. The summed E-state index contributed by atoms with van der Waals surface area (Å²) >= 11 is 0. The summed E-state index contributed by atoms with van der Waals surface area (Å²) in [6, 6.07) is 6.64. The average molecular weight is 469 g/mol. The standard InChI is InChI=1S/C23H27F3N2O3S/c1-23(2,3)31-22(29)28-9-8-19(27-32(4)30)20(28)12-14-6-5-7-18(21(14)26)15-10-16(24)13-17(25)11-15/h5-7,10-11,13,19-20,27H,8-9,12H2,1-4H3/t19-,20-,32?/m0/s1. The second kappa shape index (κ2) is 9.62. The van der Waals surface area contributed by atoms with Crippen LogP contribution in [-0.2, 0) is 22.1 Å². The Morgan fingerprint density at radius 2 is 1.84 bits per heavy atom. The van der Waals surface area contributed by atoms with Crippen LogP contribution in [0.25, 0.3) is 11.1 Å². The van der Waals surface area contributed by atoms with Gasteiger partial charge in [-0.3, -0.25) is 0 Å².